The van der Waals surface area contributed by atoms with Crippen LogP contribution in [0.2, 0.25) is 0 Å². The highest BCUT2D eigenvalue weighted by Gasteiger charge is 2.23. The summed E-state index contributed by atoms with van der Waals surface area (Å²) in [6, 6.07) is 12.5. The summed E-state index contributed by atoms with van der Waals surface area (Å²) in [5.41, 5.74) is 1.75. The van der Waals surface area contributed by atoms with Crippen molar-refractivity contribution < 1.29 is 4.79 Å². The number of benzene rings is 1. The molecular formula is C21H28N4O. The molecule has 0 spiro atoms. The number of piperidine rings is 1. The van der Waals surface area contributed by atoms with Crippen molar-refractivity contribution in [3.05, 3.63) is 53.9 Å². The fourth-order valence-electron chi connectivity index (χ4n) is 3.53. The summed E-state index contributed by atoms with van der Waals surface area (Å²) < 4.78 is 0. The van der Waals surface area contributed by atoms with E-state index >= 15 is 0 Å². The summed E-state index contributed by atoms with van der Waals surface area (Å²) in [4.78, 5) is 23.6. The first-order chi connectivity index (χ1) is 12.8. The maximum atomic E-state index is 12.4. The van der Waals surface area contributed by atoms with Crippen LogP contribution in [0, 0.1) is 0 Å². The van der Waals surface area contributed by atoms with Crippen LogP contribution in [0.5, 0.6) is 0 Å². The molecule has 1 aromatic heterocycles. The molecule has 1 aliphatic rings. The Morgan fingerprint density at radius 3 is 2.88 bits per heavy atom. The third-order valence-electron chi connectivity index (χ3n) is 5.00. The Bertz CT molecular complexity index is 704. The summed E-state index contributed by atoms with van der Waals surface area (Å²) in [5.74, 6) is 0.570. The first-order valence-electron chi connectivity index (χ1n) is 9.69. The fourth-order valence-corrected chi connectivity index (χ4v) is 3.53. The molecule has 0 radical (unpaired) electrons. The Labute approximate surface area is 155 Å². The van der Waals surface area contributed by atoms with Gasteiger partial charge in [0.2, 0.25) is 5.95 Å². The summed E-state index contributed by atoms with van der Waals surface area (Å²) in [6.07, 6.45) is 8.25. The zero-order valence-corrected chi connectivity index (χ0v) is 15.5. The monoisotopic (exact) mass is 352 g/mol. The van der Waals surface area contributed by atoms with Gasteiger partial charge in [-0.05, 0) is 50.2 Å². The van der Waals surface area contributed by atoms with Gasteiger partial charge in [0.05, 0.1) is 0 Å². The fraction of sp³-hybridized carbons (Fsp3) is 0.476. The SMILES string of the molecule is CCC1CCCCN1c1nccc(C(=O)NCCCc2ccccc2)n1. The van der Waals surface area contributed by atoms with Crippen LogP contribution < -0.4 is 10.2 Å². The van der Waals surface area contributed by atoms with E-state index in [1.165, 1.54) is 18.4 Å². The molecule has 1 unspecified atom stereocenters. The number of carbonyl (C=O) groups is 1. The lowest BCUT2D eigenvalue weighted by Gasteiger charge is -2.35. The van der Waals surface area contributed by atoms with E-state index in [0.717, 1.165) is 32.2 Å². The number of nitrogens with zero attached hydrogens (tertiary/aromatic N) is 3. The van der Waals surface area contributed by atoms with Crippen molar-refractivity contribution in [2.24, 2.45) is 0 Å². The van der Waals surface area contributed by atoms with Gasteiger partial charge in [0.15, 0.2) is 0 Å². The number of aromatic nitrogens is 2. The number of aryl methyl sites for hydroxylation is 1. The maximum absolute atomic E-state index is 12.4. The van der Waals surface area contributed by atoms with Crippen molar-refractivity contribution in [2.45, 2.75) is 51.5 Å². The highest BCUT2D eigenvalue weighted by Crippen LogP contribution is 2.23. The Kier molecular flexibility index (Phi) is 6.58. The number of nitrogens with one attached hydrogen (secondary N) is 1. The lowest BCUT2D eigenvalue weighted by Crippen LogP contribution is -2.40. The number of hydrogen-bond acceptors (Lipinski definition) is 4. The van der Waals surface area contributed by atoms with Gasteiger partial charge in [-0.15, -0.1) is 0 Å². The van der Waals surface area contributed by atoms with Crippen LogP contribution in [0.4, 0.5) is 5.95 Å². The molecule has 26 heavy (non-hydrogen) atoms. The van der Waals surface area contributed by atoms with Gasteiger partial charge in [0, 0.05) is 25.3 Å². The molecule has 1 atom stereocenters. The van der Waals surface area contributed by atoms with Gasteiger partial charge in [0.25, 0.3) is 5.91 Å². The van der Waals surface area contributed by atoms with E-state index in [2.05, 4.69) is 39.2 Å². The minimum Gasteiger partial charge on any atom is -0.351 e. The normalized spacial score (nSPS) is 17.1. The zero-order valence-electron chi connectivity index (χ0n) is 15.5. The van der Waals surface area contributed by atoms with Crippen molar-refractivity contribution in [3.63, 3.8) is 0 Å². The minimum atomic E-state index is -0.119. The smallest absolute Gasteiger partial charge is 0.270 e. The highest BCUT2D eigenvalue weighted by atomic mass is 16.1. The van der Waals surface area contributed by atoms with Gasteiger partial charge >= 0.3 is 0 Å². The molecule has 1 saturated heterocycles. The minimum absolute atomic E-state index is 0.119. The zero-order chi connectivity index (χ0) is 18.2. The number of amides is 1. The Hall–Kier alpha value is -2.43. The molecule has 1 aromatic carbocycles. The maximum Gasteiger partial charge on any atom is 0.270 e. The summed E-state index contributed by atoms with van der Waals surface area (Å²) in [5, 5.41) is 2.98. The second kappa shape index (κ2) is 9.32. The van der Waals surface area contributed by atoms with Crippen LogP contribution in [-0.4, -0.2) is 35.0 Å². The summed E-state index contributed by atoms with van der Waals surface area (Å²) in [7, 11) is 0. The van der Waals surface area contributed by atoms with Gasteiger partial charge in [-0.2, -0.15) is 0 Å². The van der Waals surface area contributed by atoms with Crippen molar-refractivity contribution in [1.82, 2.24) is 15.3 Å². The van der Waals surface area contributed by atoms with Gasteiger partial charge in [0.1, 0.15) is 5.69 Å². The van der Waals surface area contributed by atoms with Crippen molar-refractivity contribution in [1.29, 1.82) is 0 Å². The van der Waals surface area contributed by atoms with Crippen LogP contribution in [0.15, 0.2) is 42.6 Å². The molecule has 5 nitrogen and oxygen atoms in total. The Balaban J connectivity index is 1.54. The number of hydrogen-bond donors (Lipinski definition) is 1. The van der Waals surface area contributed by atoms with E-state index in [9.17, 15) is 4.79 Å². The summed E-state index contributed by atoms with van der Waals surface area (Å²) in [6.45, 7) is 3.82. The molecule has 1 amide bonds. The lowest BCUT2D eigenvalue weighted by molar-refractivity contribution is 0.0948. The third kappa shape index (κ3) is 4.81. The molecule has 1 aliphatic heterocycles. The molecule has 0 saturated carbocycles. The second-order valence-corrected chi connectivity index (χ2v) is 6.84. The van der Waals surface area contributed by atoms with Gasteiger partial charge < -0.3 is 10.2 Å². The lowest BCUT2D eigenvalue weighted by atomic mass is 10.0. The predicted octanol–water partition coefficient (Wildman–Crippen LogP) is 3.61. The van der Waals surface area contributed by atoms with Crippen LogP contribution in [0.1, 0.15) is 55.1 Å². The molecular weight excluding hydrogens is 324 g/mol. The third-order valence-corrected chi connectivity index (χ3v) is 5.00. The molecule has 2 aromatic rings. The molecule has 1 N–H and O–H groups in total. The van der Waals surface area contributed by atoms with Gasteiger partial charge in [-0.1, -0.05) is 37.3 Å². The number of carbonyl (C=O) groups excluding carboxylic acids is 1. The van der Waals surface area contributed by atoms with Crippen LogP contribution >= 0.6 is 0 Å². The largest absolute Gasteiger partial charge is 0.351 e. The molecule has 3 rings (SSSR count). The van der Waals surface area contributed by atoms with Crippen LogP contribution in [-0.2, 0) is 6.42 Å². The van der Waals surface area contributed by atoms with Crippen molar-refractivity contribution >= 4 is 11.9 Å². The average Bonchev–Trinajstić information content (AvgIpc) is 2.72. The number of anilines is 1. The molecule has 5 heteroatoms. The molecule has 1 fully saturated rings. The Morgan fingerprint density at radius 1 is 1.23 bits per heavy atom. The van der Waals surface area contributed by atoms with Crippen LogP contribution in [0.25, 0.3) is 0 Å². The first-order valence-corrected chi connectivity index (χ1v) is 9.69. The number of rotatable bonds is 7. The van der Waals surface area contributed by atoms with Crippen molar-refractivity contribution in [2.75, 3.05) is 18.0 Å². The summed E-state index contributed by atoms with van der Waals surface area (Å²) >= 11 is 0. The van der Waals surface area contributed by atoms with E-state index in [1.807, 2.05) is 18.2 Å². The highest BCUT2D eigenvalue weighted by molar-refractivity contribution is 5.92. The second-order valence-electron chi connectivity index (χ2n) is 6.84. The van der Waals surface area contributed by atoms with E-state index in [-0.39, 0.29) is 5.91 Å². The van der Waals surface area contributed by atoms with Gasteiger partial charge in [-0.25, -0.2) is 9.97 Å². The van der Waals surface area contributed by atoms with E-state index in [1.54, 1.807) is 12.3 Å². The van der Waals surface area contributed by atoms with Crippen LogP contribution in [0.3, 0.4) is 0 Å². The quantitative estimate of drug-likeness (QED) is 0.774. The van der Waals surface area contributed by atoms with E-state index < -0.39 is 0 Å². The van der Waals surface area contributed by atoms with Gasteiger partial charge in [-0.3, -0.25) is 4.79 Å². The van der Waals surface area contributed by atoms with Crippen molar-refractivity contribution in [3.8, 4) is 0 Å². The standard InChI is InChI=1S/C21H28N4O/c1-2-18-12-6-7-16-25(18)21-23-15-13-19(24-21)20(26)22-14-8-11-17-9-4-3-5-10-17/h3-5,9-10,13,15,18H,2,6-8,11-12,14,16H2,1H3,(H,22,26). The van der Waals surface area contributed by atoms with E-state index in [0.29, 0.717) is 24.2 Å². The first kappa shape index (κ1) is 18.4. The molecule has 0 bridgehead atoms. The topological polar surface area (TPSA) is 58.1 Å². The molecule has 2 heterocycles. The Morgan fingerprint density at radius 2 is 2.08 bits per heavy atom. The molecule has 138 valence electrons. The van der Waals surface area contributed by atoms with E-state index in [4.69, 9.17) is 0 Å². The average molecular weight is 352 g/mol. The predicted molar refractivity (Wildman–Crippen MR) is 104 cm³/mol. The molecule has 0 aliphatic carbocycles.